The second kappa shape index (κ2) is 4.22. The number of nitrogens with zero attached hydrogens (tertiary/aromatic N) is 2. The van der Waals surface area contributed by atoms with E-state index in [1.807, 2.05) is 24.0 Å². The molecule has 3 aromatic rings. The predicted octanol–water partition coefficient (Wildman–Crippen LogP) is 3.25. The lowest BCUT2D eigenvalue weighted by Gasteiger charge is -2.06. The third kappa shape index (κ3) is 2.03. The van der Waals surface area contributed by atoms with E-state index in [0.717, 1.165) is 12.2 Å². The number of benzene rings is 1. The number of fused-ring (bicyclic) bond motifs is 1. The highest BCUT2D eigenvalue weighted by Gasteiger charge is 2.00. The highest BCUT2D eigenvalue weighted by atomic mass is 32.1. The summed E-state index contributed by atoms with van der Waals surface area (Å²) in [6.07, 6.45) is 1.82. The van der Waals surface area contributed by atoms with Gasteiger partial charge in [-0.2, -0.15) is 5.10 Å². The minimum absolute atomic E-state index is 0.798. The van der Waals surface area contributed by atoms with Crippen molar-refractivity contribution in [3.63, 3.8) is 0 Å². The molecule has 0 amide bonds. The fraction of sp³-hybridized carbons (Fsp3) is 0.154. The van der Waals surface area contributed by atoms with Gasteiger partial charge in [-0.05, 0) is 41.1 Å². The summed E-state index contributed by atoms with van der Waals surface area (Å²) in [6.45, 7) is 0.798. The second-order valence-electron chi connectivity index (χ2n) is 3.97. The molecule has 0 aliphatic heterocycles. The fourth-order valence-corrected chi connectivity index (χ4v) is 2.61. The Labute approximate surface area is 104 Å². The van der Waals surface area contributed by atoms with Crippen LogP contribution in [0.2, 0.25) is 0 Å². The molecule has 1 N–H and O–H groups in total. The fourth-order valence-electron chi connectivity index (χ4n) is 1.84. The van der Waals surface area contributed by atoms with E-state index in [-0.39, 0.29) is 0 Å². The molecular weight excluding hydrogens is 230 g/mol. The Bertz CT molecular complexity index is 639. The minimum Gasteiger partial charge on any atom is -0.379 e. The van der Waals surface area contributed by atoms with E-state index in [0.29, 0.717) is 0 Å². The molecule has 0 atom stereocenters. The molecule has 86 valence electrons. The van der Waals surface area contributed by atoms with Gasteiger partial charge in [0, 0.05) is 23.6 Å². The normalized spacial score (nSPS) is 10.9. The van der Waals surface area contributed by atoms with E-state index in [9.17, 15) is 0 Å². The number of rotatable bonds is 3. The summed E-state index contributed by atoms with van der Waals surface area (Å²) in [7, 11) is 1.96. The summed E-state index contributed by atoms with van der Waals surface area (Å²) < 4.78 is 3.21. The average molecular weight is 243 g/mol. The Morgan fingerprint density at radius 2 is 2.24 bits per heavy atom. The number of nitrogens with one attached hydrogen (secondary N) is 1. The van der Waals surface area contributed by atoms with Crippen molar-refractivity contribution in [2.24, 2.45) is 7.05 Å². The number of aromatic nitrogens is 2. The van der Waals surface area contributed by atoms with Crippen LogP contribution in [0.25, 0.3) is 10.1 Å². The third-order valence-corrected chi connectivity index (χ3v) is 3.75. The van der Waals surface area contributed by atoms with Crippen LogP contribution in [0.15, 0.2) is 41.9 Å². The first-order valence-corrected chi connectivity index (χ1v) is 6.39. The third-order valence-electron chi connectivity index (χ3n) is 2.85. The molecule has 3 rings (SSSR count). The monoisotopic (exact) mass is 243 g/mol. The van der Waals surface area contributed by atoms with Crippen LogP contribution in [0.1, 0.15) is 5.69 Å². The van der Waals surface area contributed by atoms with Crippen molar-refractivity contribution in [3.05, 3.63) is 47.6 Å². The molecule has 3 nitrogen and oxygen atoms in total. The molecule has 0 unspecified atom stereocenters. The number of aryl methyl sites for hydroxylation is 1. The Hall–Kier alpha value is -1.81. The molecule has 0 fully saturated rings. The standard InChI is InChI=1S/C13H13N3S/c1-16-12(4-6-15-16)9-14-11-2-3-13-10(8-11)5-7-17-13/h2-8,14H,9H2,1H3. The Kier molecular flexibility index (Phi) is 2.57. The van der Waals surface area contributed by atoms with Gasteiger partial charge in [0.1, 0.15) is 0 Å². The van der Waals surface area contributed by atoms with E-state index < -0.39 is 0 Å². The van der Waals surface area contributed by atoms with Crippen molar-refractivity contribution < 1.29 is 0 Å². The van der Waals surface area contributed by atoms with Crippen molar-refractivity contribution in [2.75, 3.05) is 5.32 Å². The molecule has 2 heterocycles. The van der Waals surface area contributed by atoms with Crippen molar-refractivity contribution in [2.45, 2.75) is 6.54 Å². The average Bonchev–Trinajstić information content (AvgIpc) is 2.94. The quantitative estimate of drug-likeness (QED) is 0.765. The zero-order chi connectivity index (χ0) is 11.7. The summed E-state index contributed by atoms with van der Waals surface area (Å²) in [6, 6.07) is 10.6. The van der Waals surface area contributed by atoms with E-state index in [1.165, 1.54) is 15.8 Å². The second-order valence-corrected chi connectivity index (χ2v) is 4.92. The lowest BCUT2D eigenvalue weighted by Crippen LogP contribution is -2.05. The van der Waals surface area contributed by atoms with E-state index >= 15 is 0 Å². The Balaban J connectivity index is 1.78. The van der Waals surface area contributed by atoms with E-state index in [2.05, 4.69) is 40.1 Å². The van der Waals surface area contributed by atoms with Crippen LogP contribution in [0.4, 0.5) is 5.69 Å². The van der Waals surface area contributed by atoms with Gasteiger partial charge in [-0.3, -0.25) is 4.68 Å². The van der Waals surface area contributed by atoms with Crippen LogP contribution in [-0.4, -0.2) is 9.78 Å². The molecule has 0 saturated heterocycles. The highest BCUT2D eigenvalue weighted by molar-refractivity contribution is 7.17. The molecule has 1 aromatic carbocycles. The first kappa shape index (κ1) is 10.4. The number of hydrogen-bond donors (Lipinski definition) is 1. The molecule has 2 aromatic heterocycles. The zero-order valence-electron chi connectivity index (χ0n) is 9.55. The van der Waals surface area contributed by atoms with Gasteiger partial charge in [-0.25, -0.2) is 0 Å². The molecular formula is C13H13N3S. The first-order valence-electron chi connectivity index (χ1n) is 5.51. The highest BCUT2D eigenvalue weighted by Crippen LogP contribution is 2.24. The van der Waals surface area contributed by atoms with Gasteiger partial charge < -0.3 is 5.32 Å². The molecule has 0 saturated carbocycles. The number of hydrogen-bond acceptors (Lipinski definition) is 3. The van der Waals surface area contributed by atoms with Gasteiger partial charge >= 0.3 is 0 Å². The maximum absolute atomic E-state index is 4.15. The van der Waals surface area contributed by atoms with Crippen LogP contribution in [-0.2, 0) is 13.6 Å². The van der Waals surface area contributed by atoms with E-state index in [1.54, 1.807) is 11.3 Å². The van der Waals surface area contributed by atoms with Gasteiger partial charge in [-0.1, -0.05) is 0 Å². The van der Waals surface area contributed by atoms with Gasteiger partial charge in [0.2, 0.25) is 0 Å². The molecule has 0 aliphatic rings. The molecule has 4 heteroatoms. The Morgan fingerprint density at radius 1 is 1.29 bits per heavy atom. The summed E-state index contributed by atoms with van der Waals surface area (Å²) in [5.41, 5.74) is 2.33. The molecule has 17 heavy (non-hydrogen) atoms. The van der Waals surface area contributed by atoms with Gasteiger partial charge in [0.05, 0.1) is 12.2 Å². The smallest absolute Gasteiger partial charge is 0.0571 e. The lowest BCUT2D eigenvalue weighted by molar-refractivity contribution is 0.720. The molecule has 0 spiro atoms. The topological polar surface area (TPSA) is 29.9 Å². The van der Waals surface area contributed by atoms with Crippen LogP contribution in [0, 0.1) is 0 Å². The lowest BCUT2D eigenvalue weighted by atomic mass is 10.2. The molecule has 0 radical (unpaired) electrons. The van der Waals surface area contributed by atoms with Crippen molar-refractivity contribution >= 4 is 27.1 Å². The largest absolute Gasteiger partial charge is 0.379 e. The van der Waals surface area contributed by atoms with Gasteiger partial charge in [0.25, 0.3) is 0 Å². The van der Waals surface area contributed by atoms with Crippen molar-refractivity contribution in [1.29, 1.82) is 0 Å². The van der Waals surface area contributed by atoms with Crippen LogP contribution in [0.5, 0.6) is 0 Å². The summed E-state index contributed by atoms with van der Waals surface area (Å²) in [4.78, 5) is 0. The molecule has 0 bridgehead atoms. The van der Waals surface area contributed by atoms with Crippen LogP contribution >= 0.6 is 11.3 Å². The van der Waals surface area contributed by atoms with E-state index in [4.69, 9.17) is 0 Å². The van der Waals surface area contributed by atoms with Crippen LogP contribution < -0.4 is 5.32 Å². The van der Waals surface area contributed by atoms with Crippen molar-refractivity contribution in [1.82, 2.24) is 9.78 Å². The SMILES string of the molecule is Cn1nccc1CNc1ccc2sccc2c1. The molecule has 0 aliphatic carbocycles. The maximum atomic E-state index is 4.15. The Morgan fingerprint density at radius 3 is 3.06 bits per heavy atom. The van der Waals surface area contributed by atoms with Gasteiger partial charge in [0.15, 0.2) is 0 Å². The predicted molar refractivity (Wildman–Crippen MR) is 72.4 cm³/mol. The van der Waals surface area contributed by atoms with Crippen LogP contribution in [0.3, 0.4) is 0 Å². The number of anilines is 1. The zero-order valence-corrected chi connectivity index (χ0v) is 10.4. The number of thiophene rings is 1. The summed E-state index contributed by atoms with van der Waals surface area (Å²) in [5.74, 6) is 0. The summed E-state index contributed by atoms with van der Waals surface area (Å²) in [5, 5.41) is 11.0. The maximum Gasteiger partial charge on any atom is 0.0571 e. The minimum atomic E-state index is 0.798. The first-order chi connectivity index (χ1) is 8.33. The summed E-state index contributed by atoms with van der Waals surface area (Å²) >= 11 is 1.77. The van der Waals surface area contributed by atoms with Gasteiger partial charge in [-0.15, -0.1) is 11.3 Å². The van der Waals surface area contributed by atoms with Crippen molar-refractivity contribution in [3.8, 4) is 0 Å².